The van der Waals surface area contributed by atoms with Crippen molar-refractivity contribution < 1.29 is 27.7 Å². The molecule has 6 heterocycles. The van der Waals surface area contributed by atoms with Crippen molar-refractivity contribution in [3.05, 3.63) is 454 Å². The van der Waals surface area contributed by atoms with E-state index < -0.39 is 23.3 Å². The molecule has 18 aromatic carbocycles. The third-order valence-corrected chi connectivity index (χ3v) is 34.4. The fourth-order valence-electron chi connectivity index (χ4n) is 18.5. The second-order valence-corrected chi connectivity index (χ2v) is 40.2. The van der Waals surface area contributed by atoms with Crippen molar-refractivity contribution in [3.8, 4) is 79.2 Å². The Morgan fingerprint density at radius 2 is 0.415 bits per heavy atom. The zero-order valence-electron chi connectivity index (χ0n) is 69.9. The van der Waals surface area contributed by atoms with Crippen LogP contribution in [0.1, 0.15) is 0 Å². The van der Waals surface area contributed by atoms with Gasteiger partial charge in [0.15, 0.2) is 45.3 Å². The topological polar surface area (TPSA) is 170 Å². The van der Waals surface area contributed by atoms with Crippen LogP contribution in [0, 0.1) is 0 Å². The molecular weight excluding hydrogens is 1650 g/mol. The number of aromatic nitrogens is 6. The lowest BCUT2D eigenvalue weighted by Crippen LogP contribution is -2.74. The SMILES string of the molecule is Clc1nc(-c2ccc3c(c2)oc2ccccc23)nc(-c2ccc3c(c2)oc2ccc(-c4ccccc4)cc23)n1.OB(O)c1ccc([Si](c2ccccc2)(c2ccccc2)c2ccccc2)cc1.c1ccc(-c2ccc3oc4cc(-c5nc(-c6ccc([Si](c7ccccc7)(c7ccccc7)c7ccccc7)cc6)nc(-c6ccc7c(c6)oc6ccccc67)n5)ccc4c3c2)cc1. The molecule has 0 amide bonds. The lowest BCUT2D eigenvalue weighted by Gasteiger charge is -2.34. The minimum Gasteiger partial charge on any atom is -0.456 e. The molecular formula is C114H76BClN6O6Si2. The summed E-state index contributed by atoms with van der Waals surface area (Å²) in [5.74, 6) is 2.64. The molecule has 0 saturated heterocycles. The van der Waals surface area contributed by atoms with Gasteiger partial charge in [0.1, 0.15) is 44.7 Å². The van der Waals surface area contributed by atoms with Gasteiger partial charge in [-0.05, 0) is 166 Å². The molecule has 0 bridgehead atoms. The van der Waals surface area contributed by atoms with Crippen LogP contribution in [0.25, 0.3) is 167 Å². The van der Waals surface area contributed by atoms with Gasteiger partial charge in [-0.15, -0.1) is 0 Å². The highest BCUT2D eigenvalue weighted by molar-refractivity contribution is 7.20. The summed E-state index contributed by atoms with van der Waals surface area (Å²) >= 11 is 6.38. The minimum atomic E-state index is -2.73. The van der Waals surface area contributed by atoms with Crippen LogP contribution >= 0.6 is 11.6 Å². The van der Waals surface area contributed by atoms with E-state index in [0.717, 1.165) is 132 Å². The lowest BCUT2D eigenvalue weighted by molar-refractivity contribution is 0.426. The summed E-state index contributed by atoms with van der Waals surface area (Å²) in [5.41, 5.74) is 15.7. The molecule has 0 atom stereocenters. The predicted octanol–water partition coefficient (Wildman–Crippen LogP) is 21.8. The van der Waals surface area contributed by atoms with E-state index in [4.69, 9.17) is 49.2 Å². The number of para-hydroxylation sites is 2. The highest BCUT2D eigenvalue weighted by Gasteiger charge is 2.43. The van der Waals surface area contributed by atoms with Gasteiger partial charge in [-0.25, -0.2) is 19.9 Å². The number of hydrogen-bond donors (Lipinski definition) is 2. The Bertz CT molecular complexity index is 8080. The Labute approximate surface area is 755 Å². The standard InChI is InChI=1S/C57H37N3O2Si.C33H18ClN3O2.C24H21BO2Si/c1-5-15-38(16-6-1)40-29-34-52-50(35-40)49-33-28-42(37-54(49)62-52)57-59-55(58-56(60-57)41-27-32-48-47-23-13-14-24-51(47)61-53(48)36-41)39-25-30-46(31-26-39)63(43-17-7-2-8-18-43,44-19-9-3-10-20-44)45-21-11-4-12-22-45;34-33-36-31(21-10-13-24-23-8-4-5-9-27(23)38-29(24)17-21)35-32(37-33)22-11-14-25-26-16-20(19-6-2-1-3-7-19)12-15-28(26)39-30(25)18-22;26-25(27)20-16-18-24(19-17-20)28(21-10-4-1-5-11-21,22-12-6-2-7-13-22)23-14-8-3-9-15-23/h1-37H;1-18H;1-19,26-27H. The van der Waals surface area contributed by atoms with E-state index in [9.17, 15) is 10.0 Å². The van der Waals surface area contributed by atoms with Crippen LogP contribution in [0.15, 0.2) is 467 Å². The zero-order chi connectivity index (χ0) is 87.1. The molecule has 24 rings (SSSR count). The molecule has 0 aliphatic carbocycles. The van der Waals surface area contributed by atoms with Gasteiger partial charge in [0.25, 0.3) is 0 Å². The van der Waals surface area contributed by atoms with Crippen molar-refractivity contribution in [2.45, 2.75) is 0 Å². The van der Waals surface area contributed by atoms with Gasteiger partial charge in [-0.2, -0.15) is 9.97 Å². The van der Waals surface area contributed by atoms with Crippen LogP contribution in [-0.2, 0) is 0 Å². The maximum Gasteiger partial charge on any atom is 0.488 e. The Kier molecular flexibility index (Phi) is 21.1. The zero-order valence-corrected chi connectivity index (χ0v) is 72.6. The number of benzene rings is 18. The molecule has 0 unspecified atom stereocenters. The summed E-state index contributed by atoms with van der Waals surface area (Å²) in [5, 5.41) is 37.9. The van der Waals surface area contributed by atoms with Gasteiger partial charge in [-0.3, -0.25) is 0 Å². The Morgan fingerprint density at radius 3 is 0.731 bits per heavy atom. The summed E-state index contributed by atoms with van der Waals surface area (Å²) in [6.45, 7) is 0. The van der Waals surface area contributed by atoms with Crippen molar-refractivity contribution in [2.75, 3.05) is 0 Å². The molecule has 16 heteroatoms. The number of halogens is 1. The fraction of sp³-hybridized carbons (Fsp3) is 0. The van der Waals surface area contributed by atoms with E-state index in [1.54, 1.807) is 0 Å². The van der Waals surface area contributed by atoms with Gasteiger partial charge < -0.3 is 27.7 Å². The summed E-state index contributed by atoms with van der Waals surface area (Å²) < 4.78 is 25.1. The number of rotatable bonds is 16. The largest absolute Gasteiger partial charge is 0.488 e. The summed E-state index contributed by atoms with van der Waals surface area (Å²) in [7, 11) is -6.71. The number of fused-ring (bicyclic) bond motifs is 12. The van der Waals surface area contributed by atoms with Crippen LogP contribution in [0.2, 0.25) is 5.28 Å². The van der Waals surface area contributed by atoms with E-state index in [2.05, 4.69) is 301 Å². The number of nitrogens with zero attached hydrogens (tertiary/aromatic N) is 6. The maximum absolute atomic E-state index is 9.54. The van der Waals surface area contributed by atoms with E-state index in [1.165, 1.54) is 47.1 Å². The van der Waals surface area contributed by atoms with Gasteiger partial charge in [0.05, 0.1) is 0 Å². The lowest BCUT2D eigenvalue weighted by atomic mass is 9.81. The van der Waals surface area contributed by atoms with Crippen LogP contribution in [-0.4, -0.2) is 63.2 Å². The van der Waals surface area contributed by atoms with Crippen molar-refractivity contribution in [1.29, 1.82) is 0 Å². The molecule has 2 N–H and O–H groups in total. The number of hydrogen-bond acceptors (Lipinski definition) is 12. The molecule has 0 saturated carbocycles. The normalized spacial score (nSPS) is 11.7. The molecule has 24 aromatic rings. The van der Waals surface area contributed by atoms with Crippen LogP contribution in [0.5, 0.6) is 0 Å². The second kappa shape index (κ2) is 34.3. The molecule has 6 aromatic heterocycles. The van der Waals surface area contributed by atoms with E-state index in [-0.39, 0.29) is 5.28 Å². The molecule has 616 valence electrons. The molecule has 12 nitrogen and oxygen atoms in total. The quantitative estimate of drug-likeness (QED) is 0.0694. The van der Waals surface area contributed by atoms with Gasteiger partial charge in [0.2, 0.25) is 5.28 Å². The molecule has 130 heavy (non-hydrogen) atoms. The summed E-state index contributed by atoms with van der Waals surface area (Å²) in [6, 6.07) is 155. The third-order valence-electron chi connectivity index (χ3n) is 24.6. The van der Waals surface area contributed by atoms with E-state index in [1.807, 2.05) is 158 Å². The van der Waals surface area contributed by atoms with Crippen molar-refractivity contribution in [1.82, 2.24) is 29.9 Å². The first-order valence-electron chi connectivity index (χ1n) is 43.1. The first-order chi connectivity index (χ1) is 64.1. The van der Waals surface area contributed by atoms with Crippen molar-refractivity contribution in [2.24, 2.45) is 0 Å². The van der Waals surface area contributed by atoms with Gasteiger partial charge >= 0.3 is 7.12 Å². The average molecular weight is 1730 g/mol. The predicted molar refractivity (Wildman–Crippen MR) is 535 cm³/mol. The first kappa shape index (κ1) is 79.8. The Hall–Kier alpha value is -16.1. The summed E-state index contributed by atoms with van der Waals surface area (Å²) in [6.07, 6.45) is 0. The van der Waals surface area contributed by atoms with E-state index >= 15 is 0 Å². The second-order valence-electron chi connectivity index (χ2n) is 32.2. The highest BCUT2D eigenvalue weighted by Crippen LogP contribution is 2.40. The Balaban J connectivity index is 0.000000126. The number of furan rings is 4. The van der Waals surface area contributed by atoms with Crippen LogP contribution < -0.4 is 47.0 Å². The molecule has 0 aliphatic heterocycles. The fourth-order valence-corrected chi connectivity index (χ4v) is 28.1. The molecule has 0 radical (unpaired) electrons. The van der Waals surface area contributed by atoms with Crippen molar-refractivity contribution in [3.63, 3.8) is 0 Å². The average Bonchev–Trinajstić information content (AvgIpc) is 1.05. The maximum atomic E-state index is 9.54. The van der Waals surface area contributed by atoms with Crippen molar-refractivity contribution >= 4 is 170 Å². The summed E-state index contributed by atoms with van der Waals surface area (Å²) in [4.78, 5) is 29.1. The minimum absolute atomic E-state index is 0.122. The molecule has 0 aliphatic rings. The highest BCUT2D eigenvalue weighted by atomic mass is 35.5. The molecule has 0 spiro atoms. The van der Waals surface area contributed by atoms with Crippen LogP contribution in [0.4, 0.5) is 0 Å². The van der Waals surface area contributed by atoms with Gasteiger partial charge in [-0.1, -0.05) is 364 Å². The smallest absolute Gasteiger partial charge is 0.456 e. The Morgan fingerprint density at radius 1 is 0.185 bits per heavy atom. The van der Waals surface area contributed by atoms with Crippen LogP contribution in [0.3, 0.4) is 0 Å². The third kappa shape index (κ3) is 14.9. The monoisotopic (exact) mass is 1730 g/mol. The molecule has 0 fully saturated rings. The first-order valence-corrected chi connectivity index (χ1v) is 47.4. The van der Waals surface area contributed by atoms with Gasteiger partial charge in [0, 0.05) is 70.9 Å². The van der Waals surface area contributed by atoms with E-state index in [0.29, 0.717) is 34.6 Å².